The Morgan fingerprint density at radius 1 is 1.46 bits per heavy atom. The zero-order valence-electron chi connectivity index (χ0n) is 8.89. The van der Waals surface area contributed by atoms with E-state index in [4.69, 9.17) is 0 Å². The highest BCUT2D eigenvalue weighted by atomic mass is 15.1. The van der Waals surface area contributed by atoms with Crippen LogP contribution in [0.3, 0.4) is 0 Å². The molecule has 0 aliphatic carbocycles. The molecule has 0 unspecified atom stereocenters. The fraction of sp³-hybridized carbons (Fsp3) is 0.636. The Bertz CT molecular complexity index is 319. The first-order valence-electron chi connectivity index (χ1n) is 5.03. The molecule has 1 saturated heterocycles. The molecule has 13 heavy (non-hydrogen) atoms. The molecule has 0 saturated carbocycles. The van der Waals surface area contributed by atoms with E-state index in [1.54, 1.807) is 0 Å². The Balaban J connectivity index is 2.44. The van der Waals surface area contributed by atoms with Crippen LogP contribution in [0.4, 0.5) is 0 Å². The van der Waals surface area contributed by atoms with E-state index < -0.39 is 0 Å². The molecule has 72 valence electrons. The zero-order valence-corrected chi connectivity index (χ0v) is 8.89. The van der Waals surface area contributed by atoms with Gasteiger partial charge in [0.2, 0.25) is 0 Å². The van der Waals surface area contributed by atoms with Crippen molar-refractivity contribution in [1.82, 2.24) is 9.88 Å². The van der Waals surface area contributed by atoms with Gasteiger partial charge in [-0.05, 0) is 39.3 Å². The maximum atomic E-state index is 3.36. The smallest absolute Gasteiger partial charge is 0.0465 e. The summed E-state index contributed by atoms with van der Waals surface area (Å²) in [6.07, 6.45) is 0. The Labute approximate surface area is 79.9 Å². The summed E-state index contributed by atoms with van der Waals surface area (Å²) in [6, 6.07) is 3.53. The summed E-state index contributed by atoms with van der Waals surface area (Å²) in [5, 5.41) is 3.36. The van der Waals surface area contributed by atoms with E-state index in [9.17, 15) is 0 Å². The van der Waals surface area contributed by atoms with Crippen molar-refractivity contribution in [3.63, 3.8) is 0 Å². The van der Waals surface area contributed by atoms with E-state index in [0.717, 1.165) is 6.54 Å². The molecule has 1 aliphatic rings. The summed E-state index contributed by atoms with van der Waals surface area (Å²) >= 11 is 0. The monoisotopic (exact) mass is 178 g/mol. The van der Waals surface area contributed by atoms with Gasteiger partial charge in [-0.15, -0.1) is 0 Å². The molecule has 0 radical (unpaired) electrons. The molecule has 1 atom stereocenters. The number of hydrogen-bond acceptors (Lipinski definition) is 1. The minimum absolute atomic E-state index is 0.576. The van der Waals surface area contributed by atoms with E-state index in [1.807, 2.05) is 0 Å². The van der Waals surface area contributed by atoms with Gasteiger partial charge in [0.25, 0.3) is 0 Å². The Morgan fingerprint density at radius 2 is 2.08 bits per heavy atom. The van der Waals surface area contributed by atoms with Crippen molar-refractivity contribution in [2.45, 2.75) is 39.8 Å². The van der Waals surface area contributed by atoms with Gasteiger partial charge < -0.3 is 9.88 Å². The van der Waals surface area contributed by atoms with Gasteiger partial charge in [0, 0.05) is 30.0 Å². The highest BCUT2D eigenvalue weighted by Crippen LogP contribution is 2.29. The van der Waals surface area contributed by atoms with Gasteiger partial charge in [0.05, 0.1) is 0 Å². The predicted octanol–water partition coefficient (Wildman–Crippen LogP) is 2.33. The normalized spacial score (nSPS) is 21.2. The van der Waals surface area contributed by atoms with Gasteiger partial charge in [-0.3, -0.25) is 0 Å². The summed E-state index contributed by atoms with van der Waals surface area (Å²) in [5.41, 5.74) is 4.31. The van der Waals surface area contributed by atoms with Gasteiger partial charge in [-0.2, -0.15) is 0 Å². The fourth-order valence-corrected chi connectivity index (χ4v) is 2.23. The van der Waals surface area contributed by atoms with Crippen LogP contribution >= 0.6 is 0 Å². The number of nitrogens with zero attached hydrogens (tertiary/aromatic N) is 1. The van der Waals surface area contributed by atoms with Gasteiger partial charge in [-0.25, -0.2) is 0 Å². The van der Waals surface area contributed by atoms with E-state index in [-0.39, 0.29) is 0 Å². The van der Waals surface area contributed by atoms with Crippen molar-refractivity contribution in [3.8, 4) is 0 Å². The second-order valence-electron chi connectivity index (χ2n) is 4.25. The highest BCUT2D eigenvalue weighted by Gasteiger charge is 2.26. The number of aryl methyl sites for hydroxylation is 1. The molecule has 2 heteroatoms. The van der Waals surface area contributed by atoms with Gasteiger partial charge >= 0.3 is 0 Å². The highest BCUT2D eigenvalue weighted by molar-refractivity contribution is 5.33. The van der Waals surface area contributed by atoms with Crippen LogP contribution < -0.4 is 5.32 Å². The molecule has 2 rings (SSSR count). The van der Waals surface area contributed by atoms with Crippen molar-refractivity contribution in [2.24, 2.45) is 0 Å². The van der Waals surface area contributed by atoms with Crippen LogP contribution in [0.5, 0.6) is 0 Å². The fourth-order valence-electron chi connectivity index (χ4n) is 2.23. The second-order valence-corrected chi connectivity index (χ2v) is 4.25. The zero-order chi connectivity index (χ0) is 9.59. The number of hydrogen-bond donors (Lipinski definition) is 1. The summed E-state index contributed by atoms with van der Waals surface area (Å²) in [5.74, 6) is 0. The lowest BCUT2D eigenvalue weighted by atomic mass is 10.2. The van der Waals surface area contributed by atoms with E-state index in [2.05, 4.69) is 43.6 Å². The van der Waals surface area contributed by atoms with Crippen LogP contribution in [0, 0.1) is 13.8 Å². The molecule has 1 aliphatic heterocycles. The first kappa shape index (κ1) is 8.82. The summed E-state index contributed by atoms with van der Waals surface area (Å²) in [7, 11) is 0. The summed E-state index contributed by atoms with van der Waals surface area (Å²) < 4.78 is 2.41. The third-order valence-corrected chi connectivity index (χ3v) is 2.82. The molecule has 1 aromatic heterocycles. The molecular weight excluding hydrogens is 160 g/mol. The maximum absolute atomic E-state index is 3.36. The Hall–Kier alpha value is -0.760. The molecule has 0 aromatic carbocycles. The van der Waals surface area contributed by atoms with E-state index in [0.29, 0.717) is 12.1 Å². The predicted molar refractivity (Wildman–Crippen MR) is 55.0 cm³/mol. The SMILES string of the molecule is Cc1cc([C@H]2CN2)c(C)n1C(C)C. The maximum Gasteiger partial charge on any atom is 0.0465 e. The molecule has 2 nitrogen and oxygen atoms in total. The minimum atomic E-state index is 0.576. The molecular formula is C11H18N2. The van der Waals surface area contributed by atoms with Gasteiger partial charge in [-0.1, -0.05) is 0 Å². The molecule has 0 bridgehead atoms. The molecule has 1 N–H and O–H groups in total. The molecule has 1 aromatic rings. The molecule has 2 heterocycles. The van der Waals surface area contributed by atoms with Gasteiger partial charge in [0.1, 0.15) is 0 Å². The van der Waals surface area contributed by atoms with Crippen LogP contribution in [0.1, 0.15) is 42.9 Å². The van der Waals surface area contributed by atoms with Crippen LogP contribution in [0.25, 0.3) is 0 Å². The lowest BCUT2D eigenvalue weighted by molar-refractivity contribution is 0.573. The largest absolute Gasteiger partial charge is 0.346 e. The van der Waals surface area contributed by atoms with E-state index in [1.165, 1.54) is 17.0 Å². The average molecular weight is 178 g/mol. The second kappa shape index (κ2) is 2.88. The van der Waals surface area contributed by atoms with Crippen LogP contribution in [0.2, 0.25) is 0 Å². The number of rotatable bonds is 2. The van der Waals surface area contributed by atoms with Crippen molar-refractivity contribution < 1.29 is 0 Å². The Morgan fingerprint density at radius 3 is 2.46 bits per heavy atom. The third kappa shape index (κ3) is 1.39. The molecule has 0 spiro atoms. The topological polar surface area (TPSA) is 26.9 Å². The van der Waals surface area contributed by atoms with Crippen LogP contribution in [0.15, 0.2) is 6.07 Å². The lowest BCUT2D eigenvalue weighted by Gasteiger charge is -2.13. The molecule has 1 fully saturated rings. The van der Waals surface area contributed by atoms with Crippen LogP contribution in [-0.4, -0.2) is 11.1 Å². The van der Waals surface area contributed by atoms with Crippen LogP contribution in [-0.2, 0) is 0 Å². The van der Waals surface area contributed by atoms with Crippen molar-refractivity contribution in [2.75, 3.05) is 6.54 Å². The van der Waals surface area contributed by atoms with Gasteiger partial charge in [0.15, 0.2) is 0 Å². The van der Waals surface area contributed by atoms with E-state index >= 15 is 0 Å². The summed E-state index contributed by atoms with van der Waals surface area (Å²) in [6.45, 7) is 10.1. The lowest BCUT2D eigenvalue weighted by Crippen LogP contribution is -2.05. The van der Waals surface area contributed by atoms with Crippen molar-refractivity contribution >= 4 is 0 Å². The minimum Gasteiger partial charge on any atom is -0.346 e. The quantitative estimate of drug-likeness (QED) is 0.691. The number of aromatic nitrogens is 1. The Kier molecular flexibility index (Phi) is 1.95. The standard InChI is InChI=1S/C11H18N2/c1-7(2)13-8(3)5-10(9(13)4)11-6-12-11/h5,7,11-12H,6H2,1-4H3/t11-/m1/s1. The average Bonchev–Trinajstić information content (AvgIpc) is 2.78. The van der Waals surface area contributed by atoms with Crippen molar-refractivity contribution in [1.29, 1.82) is 0 Å². The first-order chi connectivity index (χ1) is 6.11. The summed E-state index contributed by atoms with van der Waals surface area (Å²) in [4.78, 5) is 0. The van der Waals surface area contributed by atoms with Crippen molar-refractivity contribution in [3.05, 3.63) is 23.0 Å². The number of nitrogens with one attached hydrogen (secondary N) is 1. The third-order valence-electron chi connectivity index (χ3n) is 2.82. The first-order valence-corrected chi connectivity index (χ1v) is 5.03. The molecule has 0 amide bonds.